The molecule has 4 heteroatoms. The van der Waals surface area contributed by atoms with Gasteiger partial charge < -0.3 is 10.5 Å². The number of carbonyl (C=O) groups is 1. The molecule has 0 saturated carbocycles. The second-order valence-electron chi connectivity index (χ2n) is 3.18. The molecular formula is C9H16N2O2. The normalized spacial score (nSPS) is 14.8. The summed E-state index contributed by atoms with van der Waals surface area (Å²) in [6.45, 7) is 5.72. The van der Waals surface area contributed by atoms with Gasteiger partial charge in [0.2, 0.25) is 0 Å². The van der Waals surface area contributed by atoms with Crippen molar-refractivity contribution in [2.24, 2.45) is 17.6 Å². The van der Waals surface area contributed by atoms with Gasteiger partial charge in [-0.1, -0.05) is 13.8 Å². The SMILES string of the molecule is CCOC(=O)[C@@H](C#N)[C@@H](N)C(C)C. The fourth-order valence-corrected chi connectivity index (χ4v) is 0.913. The molecule has 0 rings (SSSR count). The van der Waals surface area contributed by atoms with Crippen LogP contribution in [-0.2, 0) is 9.53 Å². The Morgan fingerprint density at radius 1 is 1.62 bits per heavy atom. The van der Waals surface area contributed by atoms with Crippen LogP contribution in [0, 0.1) is 23.2 Å². The first-order valence-electron chi connectivity index (χ1n) is 4.36. The third-order valence-corrected chi connectivity index (χ3v) is 1.83. The molecule has 0 saturated heterocycles. The number of esters is 1. The number of hydrogen-bond donors (Lipinski definition) is 1. The zero-order valence-electron chi connectivity index (χ0n) is 8.28. The maximum atomic E-state index is 11.2. The summed E-state index contributed by atoms with van der Waals surface area (Å²) in [5.74, 6) is -1.28. The standard InChI is InChI=1S/C9H16N2O2/c1-4-13-9(12)7(5-10)8(11)6(2)3/h6-8H,4,11H2,1-3H3/t7-,8-/m0/s1. The van der Waals surface area contributed by atoms with Gasteiger partial charge in [-0.25, -0.2) is 0 Å². The molecule has 13 heavy (non-hydrogen) atoms. The summed E-state index contributed by atoms with van der Waals surface area (Å²) in [7, 11) is 0. The van der Waals surface area contributed by atoms with Crippen LogP contribution >= 0.6 is 0 Å². The van der Waals surface area contributed by atoms with Gasteiger partial charge in [0.1, 0.15) is 0 Å². The molecule has 0 amide bonds. The molecule has 0 fully saturated rings. The fraction of sp³-hybridized carbons (Fsp3) is 0.778. The van der Waals surface area contributed by atoms with Crippen LogP contribution in [0.2, 0.25) is 0 Å². The van der Waals surface area contributed by atoms with Gasteiger partial charge in [0.15, 0.2) is 5.92 Å². The van der Waals surface area contributed by atoms with E-state index in [2.05, 4.69) is 0 Å². The number of ether oxygens (including phenoxy) is 1. The van der Waals surface area contributed by atoms with Gasteiger partial charge in [-0.15, -0.1) is 0 Å². The highest BCUT2D eigenvalue weighted by Gasteiger charge is 2.28. The Morgan fingerprint density at radius 2 is 2.15 bits per heavy atom. The van der Waals surface area contributed by atoms with E-state index in [4.69, 9.17) is 15.7 Å². The first-order valence-corrected chi connectivity index (χ1v) is 4.36. The molecule has 0 heterocycles. The lowest BCUT2D eigenvalue weighted by atomic mass is 9.92. The Hall–Kier alpha value is -1.08. The average Bonchev–Trinajstić information content (AvgIpc) is 2.05. The molecule has 0 unspecified atom stereocenters. The lowest BCUT2D eigenvalue weighted by molar-refractivity contribution is -0.146. The molecule has 0 aliphatic carbocycles. The Kier molecular flexibility index (Phi) is 5.09. The van der Waals surface area contributed by atoms with Crippen LogP contribution in [0.25, 0.3) is 0 Å². The zero-order valence-corrected chi connectivity index (χ0v) is 8.28. The number of hydrogen-bond acceptors (Lipinski definition) is 4. The van der Waals surface area contributed by atoms with E-state index < -0.39 is 17.9 Å². The molecule has 0 aromatic heterocycles. The van der Waals surface area contributed by atoms with Crippen LogP contribution in [0.15, 0.2) is 0 Å². The van der Waals surface area contributed by atoms with Crippen molar-refractivity contribution in [2.75, 3.05) is 6.61 Å². The largest absolute Gasteiger partial charge is 0.465 e. The van der Waals surface area contributed by atoms with Crippen LogP contribution in [0.4, 0.5) is 0 Å². The van der Waals surface area contributed by atoms with Crippen LogP contribution in [0.5, 0.6) is 0 Å². The molecule has 0 aliphatic heterocycles. The summed E-state index contributed by atoms with van der Waals surface area (Å²) < 4.78 is 4.72. The smallest absolute Gasteiger partial charge is 0.324 e. The minimum Gasteiger partial charge on any atom is -0.465 e. The summed E-state index contributed by atoms with van der Waals surface area (Å²) in [4.78, 5) is 11.2. The van der Waals surface area contributed by atoms with E-state index >= 15 is 0 Å². The number of nitrogens with two attached hydrogens (primary N) is 1. The van der Waals surface area contributed by atoms with Gasteiger partial charge in [0.25, 0.3) is 0 Å². The number of nitrogens with zero attached hydrogens (tertiary/aromatic N) is 1. The lowest BCUT2D eigenvalue weighted by Gasteiger charge is -2.19. The van der Waals surface area contributed by atoms with Gasteiger partial charge in [0, 0.05) is 6.04 Å². The summed E-state index contributed by atoms with van der Waals surface area (Å²) in [5.41, 5.74) is 5.68. The van der Waals surface area contributed by atoms with Crippen molar-refractivity contribution < 1.29 is 9.53 Å². The molecule has 0 aromatic carbocycles. The van der Waals surface area contributed by atoms with Crippen molar-refractivity contribution in [1.82, 2.24) is 0 Å². The van der Waals surface area contributed by atoms with Gasteiger partial charge in [-0.3, -0.25) is 4.79 Å². The molecule has 2 N–H and O–H groups in total. The third-order valence-electron chi connectivity index (χ3n) is 1.83. The molecule has 0 aromatic rings. The Bertz CT molecular complexity index is 208. The molecule has 0 radical (unpaired) electrons. The minimum absolute atomic E-state index is 0.0917. The maximum Gasteiger partial charge on any atom is 0.324 e. The van der Waals surface area contributed by atoms with E-state index in [1.54, 1.807) is 6.92 Å². The first kappa shape index (κ1) is 11.9. The number of nitriles is 1. The lowest BCUT2D eigenvalue weighted by Crippen LogP contribution is -2.39. The van der Waals surface area contributed by atoms with Gasteiger partial charge >= 0.3 is 5.97 Å². The second-order valence-corrected chi connectivity index (χ2v) is 3.18. The van der Waals surface area contributed by atoms with Crippen molar-refractivity contribution >= 4 is 5.97 Å². The molecule has 0 spiro atoms. The van der Waals surface area contributed by atoms with E-state index in [1.165, 1.54) is 0 Å². The first-order chi connectivity index (χ1) is 6.04. The van der Waals surface area contributed by atoms with E-state index in [0.29, 0.717) is 0 Å². The van der Waals surface area contributed by atoms with Crippen molar-refractivity contribution in [3.8, 4) is 6.07 Å². The van der Waals surface area contributed by atoms with Crippen LogP contribution in [0.1, 0.15) is 20.8 Å². The number of rotatable bonds is 4. The van der Waals surface area contributed by atoms with Crippen LogP contribution in [-0.4, -0.2) is 18.6 Å². The third kappa shape index (κ3) is 3.43. The highest BCUT2D eigenvalue weighted by molar-refractivity contribution is 5.76. The topological polar surface area (TPSA) is 76.1 Å². The molecular weight excluding hydrogens is 168 g/mol. The van der Waals surface area contributed by atoms with E-state index in [9.17, 15) is 4.79 Å². The summed E-state index contributed by atoms with van der Waals surface area (Å²) in [6, 6.07) is 1.41. The Morgan fingerprint density at radius 3 is 2.46 bits per heavy atom. The fourth-order valence-electron chi connectivity index (χ4n) is 0.913. The number of carbonyl (C=O) groups excluding carboxylic acids is 1. The van der Waals surface area contributed by atoms with E-state index in [0.717, 1.165) is 0 Å². The molecule has 2 atom stereocenters. The van der Waals surface area contributed by atoms with E-state index in [-0.39, 0.29) is 12.5 Å². The van der Waals surface area contributed by atoms with Gasteiger partial charge in [0.05, 0.1) is 12.7 Å². The monoisotopic (exact) mass is 184 g/mol. The summed E-state index contributed by atoms with van der Waals surface area (Å²) in [6.07, 6.45) is 0. The van der Waals surface area contributed by atoms with Crippen molar-refractivity contribution in [3.63, 3.8) is 0 Å². The van der Waals surface area contributed by atoms with Crippen molar-refractivity contribution in [3.05, 3.63) is 0 Å². The maximum absolute atomic E-state index is 11.2. The van der Waals surface area contributed by atoms with Gasteiger partial charge in [-0.05, 0) is 12.8 Å². The van der Waals surface area contributed by atoms with Crippen LogP contribution in [0.3, 0.4) is 0 Å². The highest BCUT2D eigenvalue weighted by atomic mass is 16.5. The summed E-state index contributed by atoms with van der Waals surface area (Å²) >= 11 is 0. The molecule has 74 valence electrons. The molecule has 4 nitrogen and oxygen atoms in total. The summed E-state index contributed by atoms with van der Waals surface area (Å²) in [5, 5.41) is 8.71. The predicted molar refractivity (Wildman–Crippen MR) is 48.5 cm³/mol. The predicted octanol–water partition coefficient (Wildman–Crippen LogP) is 0.673. The molecule has 0 bridgehead atoms. The minimum atomic E-state index is -0.847. The zero-order chi connectivity index (χ0) is 10.4. The quantitative estimate of drug-likeness (QED) is 0.651. The van der Waals surface area contributed by atoms with Crippen molar-refractivity contribution in [1.29, 1.82) is 5.26 Å². The Labute approximate surface area is 78.7 Å². The average molecular weight is 184 g/mol. The van der Waals surface area contributed by atoms with Crippen molar-refractivity contribution in [2.45, 2.75) is 26.8 Å². The van der Waals surface area contributed by atoms with Gasteiger partial charge in [-0.2, -0.15) is 5.26 Å². The van der Waals surface area contributed by atoms with Crippen LogP contribution < -0.4 is 5.73 Å². The highest BCUT2D eigenvalue weighted by Crippen LogP contribution is 2.11. The molecule has 0 aliphatic rings. The second kappa shape index (κ2) is 5.55. The van der Waals surface area contributed by atoms with E-state index in [1.807, 2.05) is 19.9 Å². The Balaban J connectivity index is 4.35.